The highest BCUT2D eigenvalue weighted by molar-refractivity contribution is 6.23. The lowest BCUT2D eigenvalue weighted by Gasteiger charge is -2.19. The summed E-state index contributed by atoms with van der Waals surface area (Å²) in [5, 5.41) is 0. The number of Topliss-reactive ketones (excluding diaryl/α,β-unsaturated/α-hetero) is 2. The van der Waals surface area contributed by atoms with Crippen LogP contribution >= 0.6 is 0 Å². The van der Waals surface area contributed by atoms with Crippen molar-refractivity contribution in [3.05, 3.63) is 80.9 Å². The van der Waals surface area contributed by atoms with Crippen molar-refractivity contribution in [3.63, 3.8) is 0 Å². The van der Waals surface area contributed by atoms with Crippen LogP contribution in [0.5, 0.6) is 0 Å². The smallest absolute Gasteiger partial charge is 0.228 e. The van der Waals surface area contributed by atoms with Gasteiger partial charge in [0, 0.05) is 11.1 Å². The molecule has 4 nitrogen and oxygen atoms in total. The monoisotopic (exact) mass is 522 g/mol. The van der Waals surface area contributed by atoms with Crippen molar-refractivity contribution in [1.82, 2.24) is 0 Å². The van der Waals surface area contributed by atoms with Gasteiger partial charge in [0.05, 0.1) is 14.2 Å². The summed E-state index contributed by atoms with van der Waals surface area (Å²) in [7, 11) is 2.77. The van der Waals surface area contributed by atoms with E-state index in [4.69, 9.17) is 9.47 Å². The molecule has 0 heterocycles. The van der Waals surface area contributed by atoms with Crippen molar-refractivity contribution in [1.29, 1.82) is 0 Å². The Kier molecular flexibility index (Phi) is 15.3. The Balaban J connectivity index is 2.47. The fraction of sp³-hybridized carbons (Fsp3) is 0.529. The van der Waals surface area contributed by atoms with Gasteiger partial charge in [-0.3, -0.25) is 9.59 Å². The van der Waals surface area contributed by atoms with Gasteiger partial charge in [-0.2, -0.15) is 0 Å². The summed E-state index contributed by atoms with van der Waals surface area (Å²) in [6.45, 7) is 14.7. The molecule has 0 unspecified atom stereocenters. The van der Waals surface area contributed by atoms with E-state index in [1.807, 2.05) is 6.08 Å². The predicted octanol–water partition coefficient (Wildman–Crippen LogP) is 9.22. The normalized spacial score (nSPS) is 15.9. The van der Waals surface area contributed by atoms with Gasteiger partial charge in [0.1, 0.15) is 0 Å². The number of ether oxygens (including phenoxy) is 2. The van der Waals surface area contributed by atoms with Crippen molar-refractivity contribution in [2.75, 3.05) is 14.2 Å². The fourth-order valence-electron chi connectivity index (χ4n) is 4.35. The van der Waals surface area contributed by atoms with Gasteiger partial charge in [-0.25, -0.2) is 0 Å². The van der Waals surface area contributed by atoms with Crippen molar-refractivity contribution in [3.8, 4) is 0 Å². The summed E-state index contributed by atoms with van der Waals surface area (Å²) in [5.41, 5.74) is 7.87. The summed E-state index contributed by atoms with van der Waals surface area (Å²) in [4.78, 5) is 25.3. The minimum Gasteiger partial charge on any atom is -0.489 e. The van der Waals surface area contributed by atoms with Crippen molar-refractivity contribution < 1.29 is 19.1 Å². The Hall–Kier alpha value is -2.88. The van der Waals surface area contributed by atoms with E-state index in [0.717, 1.165) is 51.4 Å². The van der Waals surface area contributed by atoms with E-state index < -0.39 is 0 Å². The van der Waals surface area contributed by atoms with Gasteiger partial charge in [0.2, 0.25) is 23.1 Å². The molecule has 1 aliphatic carbocycles. The largest absolute Gasteiger partial charge is 0.489 e. The summed E-state index contributed by atoms with van der Waals surface area (Å²) >= 11 is 0. The molecule has 0 aromatic carbocycles. The quantitative estimate of drug-likeness (QED) is 0.150. The average molecular weight is 523 g/mol. The highest BCUT2D eigenvalue weighted by Gasteiger charge is 2.34. The molecule has 0 saturated heterocycles. The summed E-state index contributed by atoms with van der Waals surface area (Å²) < 4.78 is 10.3. The van der Waals surface area contributed by atoms with Crippen molar-refractivity contribution in [2.24, 2.45) is 0 Å². The number of hydrogen-bond acceptors (Lipinski definition) is 4. The van der Waals surface area contributed by atoms with E-state index >= 15 is 0 Å². The van der Waals surface area contributed by atoms with Crippen LogP contribution in [0.15, 0.2) is 80.9 Å². The summed E-state index contributed by atoms with van der Waals surface area (Å²) in [6, 6.07) is 0. The molecule has 0 radical (unpaired) electrons. The summed E-state index contributed by atoms with van der Waals surface area (Å²) in [6.07, 6.45) is 20.5. The molecule has 4 heteroatoms. The molecule has 0 aromatic heterocycles. The van der Waals surface area contributed by atoms with Gasteiger partial charge < -0.3 is 9.47 Å². The van der Waals surface area contributed by atoms with Crippen LogP contribution in [-0.2, 0) is 19.1 Å². The van der Waals surface area contributed by atoms with Crippen LogP contribution in [0.1, 0.15) is 106 Å². The van der Waals surface area contributed by atoms with Crippen LogP contribution in [0.3, 0.4) is 0 Å². The third kappa shape index (κ3) is 11.7. The van der Waals surface area contributed by atoms with Gasteiger partial charge in [0.25, 0.3) is 0 Å². The third-order valence-corrected chi connectivity index (χ3v) is 6.93. The van der Waals surface area contributed by atoms with Crippen LogP contribution in [0.2, 0.25) is 0 Å². The Labute approximate surface area is 231 Å². The van der Waals surface area contributed by atoms with Gasteiger partial charge in [-0.1, -0.05) is 58.2 Å². The van der Waals surface area contributed by atoms with E-state index in [2.05, 4.69) is 65.8 Å². The number of methoxy groups -OCH3 is 2. The molecule has 0 N–H and O–H groups in total. The van der Waals surface area contributed by atoms with E-state index in [0.29, 0.717) is 17.6 Å². The van der Waals surface area contributed by atoms with Crippen LogP contribution in [0, 0.1) is 0 Å². The van der Waals surface area contributed by atoms with E-state index in [9.17, 15) is 9.59 Å². The van der Waals surface area contributed by atoms with Gasteiger partial charge in [-0.05, 0) is 106 Å². The maximum Gasteiger partial charge on any atom is 0.228 e. The predicted molar refractivity (Wildman–Crippen MR) is 160 cm³/mol. The molecule has 0 aliphatic heterocycles. The maximum absolute atomic E-state index is 12.8. The lowest BCUT2D eigenvalue weighted by Crippen LogP contribution is -2.24. The van der Waals surface area contributed by atoms with E-state index in [-0.39, 0.29) is 23.1 Å². The number of carbonyl (C=O) groups excluding carboxylic acids is 2. The van der Waals surface area contributed by atoms with E-state index in [1.165, 1.54) is 42.1 Å². The highest BCUT2D eigenvalue weighted by atomic mass is 16.5. The molecule has 210 valence electrons. The average Bonchev–Trinajstić information content (AvgIpc) is 2.85. The third-order valence-electron chi connectivity index (χ3n) is 6.93. The minimum atomic E-state index is -0.283. The lowest BCUT2D eigenvalue weighted by molar-refractivity contribution is -0.121. The highest BCUT2D eigenvalue weighted by Crippen LogP contribution is 2.28. The number of allylic oxidation sites excluding steroid dienone is 12. The topological polar surface area (TPSA) is 52.6 Å². The first-order valence-electron chi connectivity index (χ1n) is 13.9. The first-order chi connectivity index (χ1) is 18.0. The SMILES string of the molecule is COC1=C(OC)C(=O)C(C/C=C(/C)CC/C=C(/C)CC/C=C(/C)CC/C=C(/C)CCC=C(C)C)=C(C)C1=O. The molecular formula is C34H50O4. The van der Waals surface area contributed by atoms with Crippen LogP contribution in [-0.4, -0.2) is 25.8 Å². The fourth-order valence-corrected chi connectivity index (χ4v) is 4.35. The second-order valence-corrected chi connectivity index (χ2v) is 10.7. The van der Waals surface area contributed by atoms with Crippen LogP contribution < -0.4 is 0 Å². The first kappa shape index (κ1) is 33.1. The number of rotatable bonds is 16. The second-order valence-electron chi connectivity index (χ2n) is 10.7. The Bertz CT molecular complexity index is 1050. The zero-order valence-electron chi connectivity index (χ0n) is 25.4. The number of hydrogen-bond donors (Lipinski definition) is 0. The Morgan fingerprint density at radius 2 is 0.947 bits per heavy atom. The standard InChI is InChI=1S/C34H50O4/c1-24(2)14-10-15-25(3)16-11-17-26(4)18-12-19-27(5)20-13-21-28(6)22-23-30-29(7)31(35)33(37-8)34(38-9)32(30)36/h14,16,18,20,22H,10-13,15,17,19,21,23H2,1-9H3/b25-16-,26-18-,27-20-,28-22-. The molecule has 1 rings (SSSR count). The van der Waals surface area contributed by atoms with Crippen LogP contribution in [0.4, 0.5) is 0 Å². The molecule has 1 aliphatic rings. The van der Waals surface area contributed by atoms with Gasteiger partial charge in [0.15, 0.2) is 0 Å². The minimum absolute atomic E-state index is 0.00583. The molecular weight excluding hydrogens is 472 g/mol. The number of carbonyl (C=O) groups is 2. The Morgan fingerprint density at radius 3 is 1.34 bits per heavy atom. The van der Waals surface area contributed by atoms with E-state index in [1.54, 1.807) is 6.92 Å². The molecule has 0 amide bonds. The van der Waals surface area contributed by atoms with Crippen molar-refractivity contribution in [2.45, 2.75) is 106 Å². The first-order valence-corrected chi connectivity index (χ1v) is 13.9. The van der Waals surface area contributed by atoms with Crippen LogP contribution in [0.25, 0.3) is 0 Å². The van der Waals surface area contributed by atoms with Gasteiger partial charge in [-0.15, -0.1) is 0 Å². The second kappa shape index (κ2) is 17.6. The number of ketones is 2. The molecule has 0 fully saturated rings. The molecule has 38 heavy (non-hydrogen) atoms. The zero-order chi connectivity index (χ0) is 28.7. The maximum atomic E-state index is 12.8. The molecule has 0 bridgehead atoms. The molecule has 0 saturated carbocycles. The van der Waals surface area contributed by atoms with Crippen molar-refractivity contribution >= 4 is 11.6 Å². The molecule has 0 spiro atoms. The van der Waals surface area contributed by atoms with Gasteiger partial charge >= 0.3 is 0 Å². The lowest BCUT2D eigenvalue weighted by atomic mass is 9.90. The zero-order valence-corrected chi connectivity index (χ0v) is 25.4. The summed E-state index contributed by atoms with van der Waals surface area (Å²) in [5.74, 6) is -0.568. The Morgan fingerprint density at radius 1 is 0.579 bits per heavy atom. The molecule has 0 atom stereocenters. The molecule has 0 aromatic rings.